The van der Waals surface area contributed by atoms with Gasteiger partial charge >= 0.3 is 0 Å². The number of aromatic nitrogens is 1. The van der Waals surface area contributed by atoms with E-state index in [-0.39, 0.29) is 11.5 Å². The van der Waals surface area contributed by atoms with E-state index in [1.807, 2.05) is 30.3 Å². The lowest BCUT2D eigenvalue weighted by molar-refractivity contribution is -0.149. The van der Waals surface area contributed by atoms with Crippen LogP contribution in [0.4, 0.5) is 10.8 Å². The van der Waals surface area contributed by atoms with Crippen molar-refractivity contribution in [3.63, 3.8) is 0 Å². The van der Waals surface area contributed by atoms with E-state index < -0.39 is 0 Å². The number of aliphatic hydroxyl groups excluding tert-OH is 1. The van der Waals surface area contributed by atoms with E-state index in [1.165, 1.54) is 0 Å². The average Bonchev–Trinajstić information content (AvgIpc) is 3.07. The first-order valence-corrected chi connectivity index (χ1v) is 9.40. The Morgan fingerprint density at radius 2 is 2.04 bits per heavy atom. The molecule has 2 atom stereocenters. The summed E-state index contributed by atoms with van der Waals surface area (Å²) in [5, 5.41) is 20.2. The number of ether oxygens (including phenoxy) is 1. The van der Waals surface area contributed by atoms with Crippen LogP contribution < -0.4 is 10.6 Å². The minimum absolute atomic E-state index is 0.0133. The molecule has 1 aliphatic heterocycles. The van der Waals surface area contributed by atoms with Crippen LogP contribution in [0.3, 0.4) is 0 Å². The molecule has 2 aliphatic rings. The van der Waals surface area contributed by atoms with Crippen molar-refractivity contribution in [2.75, 3.05) is 18.5 Å². The van der Waals surface area contributed by atoms with Gasteiger partial charge in [-0.3, -0.25) is 0 Å². The van der Waals surface area contributed by atoms with Gasteiger partial charge < -0.3 is 20.5 Å². The largest absolute Gasteiger partial charge is 0.392 e. The highest BCUT2D eigenvalue weighted by Gasteiger charge is 2.54. The number of hydrogen-bond acceptors (Lipinski definition) is 6. The van der Waals surface area contributed by atoms with Gasteiger partial charge in [-0.2, -0.15) is 0 Å². The molecule has 0 unspecified atom stereocenters. The fourth-order valence-corrected chi connectivity index (χ4v) is 4.53. The van der Waals surface area contributed by atoms with Gasteiger partial charge in [-0.15, -0.1) is 11.3 Å². The van der Waals surface area contributed by atoms with Crippen molar-refractivity contribution in [3.05, 3.63) is 41.4 Å². The van der Waals surface area contributed by atoms with Gasteiger partial charge in [0.05, 0.1) is 11.8 Å². The highest BCUT2D eigenvalue weighted by Crippen LogP contribution is 2.49. The lowest BCUT2D eigenvalue weighted by atomic mass is 9.58. The Bertz CT molecular complexity index is 670. The van der Waals surface area contributed by atoms with E-state index >= 15 is 0 Å². The fraction of sp³-hybridized carbons (Fsp3) is 0.500. The number of thiazole rings is 1. The molecule has 3 N–H and O–H groups in total. The molecule has 24 heavy (non-hydrogen) atoms. The summed E-state index contributed by atoms with van der Waals surface area (Å²) in [6.45, 7) is 2.27. The zero-order valence-electron chi connectivity index (χ0n) is 13.6. The molecular formula is C18H23N3O2S. The molecular weight excluding hydrogens is 322 g/mol. The fourth-order valence-electron chi connectivity index (χ4n) is 3.80. The van der Waals surface area contributed by atoms with Crippen LogP contribution in [0, 0.1) is 5.41 Å². The summed E-state index contributed by atoms with van der Waals surface area (Å²) in [5.41, 5.74) is 2.11. The Morgan fingerprint density at radius 1 is 1.25 bits per heavy atom. The van der Waals surface area contributed by atoms with E-state index in [2.05, 4.69) is 21.0 Å². The predicted octanol–water partition coefficient (Wildman–Crippen LogP) is 2.91. The number of nitrogens with one attached hydrogen (secondary N) is 2. The number of benzene rings is 1. The van der Waals surface area contributed by atoms with Gasteiger partial charge in [0.2, 0.25) is 0 Å². The summed E-state index contributed by atoms with van der Waals surface area (Å²) >= 11 is 1.62. The van der Waals surface area contributed by atoms with Gasteiger partial charge in [0.1, 0.15) is 0 Å². The van der Waals surface area contributed by atoms with Crippen molar-refractivity contribution in [1.82, 2.24) is 10.3 Å². The van der Waals surface area contributed by atoms with Crippen molar-refractivity contribution < 1.29 is 9.84 Å². The molecule has 4 rings (SSSR count). The molecule has 5 nitrogen and oxygen atoms in total. The molecule has 0 bridgehead atoms. The summed E-state index contributed by atoms with van der Waals surface area (Å²) in [7, 11) is 0. The van der Waals surface area contributed by atoms with Gasteiger partial charge in [-0.25, -0.2) is 4.98 Å². The van der Waals surface area contributed by atoms with Crippen molar-refractivity contribution in [3.8, 4) is 0 Å². The monoisotopic (exact) mass is 345 g/mol. The average molecular weight is 345 g/mol. The number of para-hydroxylation sites is 1. The highest BCUT2D eigenvalue weighted by atomic mass is 32.1. The second kappa shape index (κ2) is 6.80. The Kier molecular flexibility index (Phi) is 4.54. The third kappa shape index (κ3) is 3.07. The molecule has 2 aromatic rings. The lowest BCUT2D eigenvalue weighted by Crippen LogP contribution is -2.64. The van der Waals surface area contributed by atoms with E-state index in [0.29, 0.717) is 6.04 Å². The van der Waals surface area contributed by atoms with Crippen LogP contribution in [-0.2, 0) is 11.3 Å². The Balaban J connectivity index is 1.33. The second-order valence-corrected chi connectivity index (χ2v) is 7.52. The summed E-state index contributed by atoms with van der Waals surface area (Å²) in [6, 6.07) is 10.4. The van der Waals surface area contributed by atoms with E-state index in [0.717, 1.165) is 55.5 Å². The summed E-state index contributed by atoms with van der Waals surface area (Å²) in [4.78, 5) is 4.65. The van der Waals surface area contributed by atoms with Crippen molar-refractivity contribution >= 4 is 22.2 Å². The maximum absolute atomic E-state index is 10.2. The SMILES string of the molecule is O[C@@H]1C[C@@H](NCc2csc(Nc3ccccc3)n2)C12CCOCC2. The molecule has 0 radical (unpaired) electrons. The van der Waals surface area contributed by atoms with Gasteiger partial charge in [-0.05, 0) is 31.4 Å². The van der Waals surface area contributed by atoms with E-state index in [4.69, 9.17) is 4.74 Å². The topological polar surface area (TPSA) is 66.4 Å². The van der Waals surface area contributed by atoms with Crippen LogP contribution in [0.2, 0.25) is 0 Å². The summed E-state index contributed by atoms with van der Waals surface area (Å²) in [6.07, 6.45) is 2.54. The predicted molar refractivity (Wildman–Crippen MR) is 95.6 cm³/mol. The standard InChI is InChI=1S/C18H23N3O2S/c22-16-10-15(18(16)6-8-23-9-7-18)19-11-14-12-24-17(21-14)20-13-4-2-1-3-5-13/h1-5,12,15-16,19,22H,6-11H2,(H,20,21)/t15-,16-/m1/s1. The molecule has 0 amide bonds. The number of rotatable bonds is 5. The minimum atomic E-state index is -0.190. The highest BCUT2D eigenvalue weighted by molar-refractivity contribution is 7.13. The molecule has 1 saturated carbocycles. The van der Waals surface area contributed by atoms with Crippen LogP contribution in [0.25, 0.3) is 0 Å². The van der Waals surface area contributed by atoms with Crippen molar-refractivity contribution in [2.24, 2.45) is 5.41 Å². The number of anilines is 2. The number of aliphatic hydroxyl groups is 1. The normalized spacial score (nSPS) is 25.4. The van der Waals surface area contributed by atoms with Gasteiger partial charge in [0.15, 0.2) is 5.13 Å². The third-order valence-corrected chi connectivity index (χ3v) is 6.15. The van der Waals surface area contributed by atoms with Crippen LogP contribution in [0.5, 0.6) is 0 Å². The zero-order valence-corrected chi connectivity index (χ0v) is 14.4. The number of nitrogens with zero attached hydrogens (tertiary/aromatic N) is 1. The molecule has 2 heterocycles. The molecule has 128 valence electrons. The molecule has 1 aromatic heterocycles. The first kappa shape index (κ1) is 16.0. The Morgan fingerprint density at radius 3 is 2.79 bits per heavy atom. The zero-order chi connectivity index (χ0) is 16.4. The molecule has 1 aromatic carbocycles. The summed E-state index contributed by atoms with van der Waals surface area (Å²) < 4.78 is 5.46. The quantitative estimate of drug-likeness (QED) is 0.777. The maximum Gasteiger partial charge on any atom is 0.187 e. The number of hydrogen-bond donors (Lipinski definition) is 3. The van der Waals surface area contributed by atoms with Crippen LogP contribution in [0.15, 0.2) is 35.7 Å². The third-order valence-electron chi connectivity index (χ3n) is 5.35. The van der Waals surface area contributed by atoms with Crippen molar-refractivity contribution in [2.45, 2.75) is 38.0 Å². The molecule has 1 aliphatic carbocycles. The molecule has 6 heteroatoms. The smallest absolute Gasteiger partial charge is 0.187 e. The molecule has 1 spiro atoms. The van der Waals surface area contributed by atoms with Gasteiger partial charge in [0.25, 0.3) is 0 Å². The van der Waals surface area contributed by atoms with Crippen molar-refractivity contribution in [1.29, 1.82) is 0 Å². The first-order chi connectivity index (χ1) is 11.8. The minimum Gasteiger partial charge on any atom is -0.392 e. The van der Waals surface area contributed by atoms with Crippen LogP contribution >= 0.6 is 11.3 Å². The first-order valence-electron chi connectivity index (χ1n) is 8.52. The van der Waals surface area contributed by atoms with E-state index in [1.54, 1.807) is 11.3 Å². The van der Waals surface area contributed by atoms with E-state index in [9.17, 15) is 5.11 Å². The lowest BCUT2D eigenvalue weighted by Gasteiger charge is -2.56. The van der Waals surface area contributed by atoms with Gasteiger partial charge in [-0.1, -0.05) is 18.2 Å². The maximum atomic E-state index is 10.2. The summed E-state index contributed by atoms with van der Waals surface area (Å²) in [5.74, 6) is 0. The Hall–Kier alpha value is -1.47. The molecule has 2 fully saturated rings. The van der Waals surface area contributed by atoms with Crippen LogP contribution in [0.1, 0.15) is 25.0 Å². The van der Waals surface area contributed by atoms with Gasteiger partial charge in [0, 0.05) is 42.3 Å². The Labute approximate surface area is 146 Å². The second-order valence-electron chi connectivity index (χ2n) is 6.67. The molecule has 1 saturated heterocycles. The van der Waals surface area contributed by atoms with Crippen LogP contribution in [-0.4, -0.2) is 35.5 Å².